The summed E-state index contributed by atoms with van der Waals surface area (Å²) >= 11 is 12.4. The molecule has 0 aliphatic heterocycles. The van der Waals surface area contributed by atoms with Crippen molar-refractivity contribution in [3.05, 3.63) is 83.4 Å². The number of alkyl halides is 3. The van der Waals surface area contributed by atoms with Gasteiger partial charge in [-0.25, -0.2) is 4.98 Å². The molecule has 0 aliphatic rings. The van der Waals surface area contributed by atoms with Crippen LogP contribution in [0.3, 0.4) is 0 Å². The van der Waals surface area contributed by atoms with E-state index in [1.54, 1.807) is 7.11 Å². The first-order valence-corrected chi connectivity index (χ1v) is 11.5. The highest BCUT2D eigenvalue weighted by Crippen LogP contribution is 2.36. The van der Waals surface area contributed by atoms with Gasteiger partial charge in [-0.2, -0.15) is 13.2 Å². The first kappa shape index (κ1) is 24.1. The Balaban J connectivity index is 1.39. The molecule has 0 unspecified atom stereocenters. The topological polar surface area (TPSA) is 46.2 Å². The largest absolute Gasteiger partial charge is 0.497 e. The summed E-state index contributed by atoms with van der Waals surface area (Å²) in [5.41, 5.74) is 0.813. The quantitative estimate of drug-likeness (QED) is 0.261. The number of nitrogens with zero attached hydrogens (tertiary/aromatic N) is 1. The number of rotatable bonds is 5. The molecular formula is C24H17ClF3N3OS2. The van der Waals surface area contributed by atoms with Crippen LogP contribution in [0, 0.1) is 0 Å². The van der Waals surface area contributed by atoms with Crippen LogP contribution in [0.5, 0.6) is 5.75 Å². The number of hydrogen-bond acceptors (Lipinski definition) is 4. The molecule has 0 spiro atoms. The summed E-state index contributed by atoms with van der Waals surface area (Å²) in [6, 6.07) is 20.6. The van der Waals surface area contributed by atoms with Crippen LogP contribution in [0.2, 0.25) is 5.02 Å². The number of ether oxygens (including phenoxy) is 1. The minimum Gasteiger partial charge on any atom is -0.497 e. The van der Waals surface area contributed by atoms with Gasteiger partial charge in [-0.1, -0.05) is 23.4 Å². The second-order valence-corrected chi connectivity index (χ2v) is 9.02. The number of pyridine rings is 1. The third-order valence-electron chi connectivity index (χ3n) is 4.74. The fourth-order valence-electron chi connectivity index (χ4n) is 3.11. The molecule has 34 heavy (non-hydrogen) atoms. The Kier molecular flexibility index (Phi) is 7.16. The van der Waals surface area contributed by atoms with E-state index in [0.29, 0.717) is 5.69 Å². The van der Waals surface area contributed by atoms with Crippen LogP contribution in [0.25, 0.3) is 10.9 Å². The number of benzene rings is 3. The van der Waals surface area contributed by atoms with Gasteiger partial charge in [0.2, 0.25) is 0 Å². The van der Waals surface area contributed by atoms with Gasteiger partial charge in [0.15, 0.2) is 5.11 Å². The van der Waals surface area contributed by atoms with E-state index in [0.717, 1.165) is 32.6 Å². The Morgan fingerprint density at radius 3 is 2.35 bits per heavy atom. The smallest absolute Gasteiger partial charge is 0.417 e. The summed E-state index contributed by atoms with van der Waals surface area (Å²) in [6.45, 7) is 0. The van der Waals surface area contributed by atoms with Gasteiger partial charge in [0.1, 0.15) is 10.8 Å². The zero-order valence-corrected chi connectivity index (χ0v) is 20.0. The SMILES string of the molecule is COc1ccc2nc(Sc3ccc(NC(=S)Nc4ccc(Cl)c(C(F)(F)F)c4)cc3)ccc2c1. The van der Waals surface area contributed by atoms with Crippen molar-refractivity contribution in [2.45, 2.75) is 16.1 Å². The Labute approximate surface area is 208 Å². The van der Waals surface area contributed by atoms with Crippen LogP contribution in [-0.2, 0) is 6.18 Å². The molecule has 4 nitrogen and oxygen atoms in total. The molecule has 0 amide bonds. The van der Waals surface area contributed by atoms with Gasteiger partial charge in [0.25, 0.3) is 0 Å². The Bertz CT molecular complexity index is 1350. The fraction of sp³-hybridized carbons (Fsp3) is 0.0833. The Morgan fingerprint density at radius 2 is 1.65 bits per heavy atom. The van der Waals surface area contributed by atoms with Crippen molar-refractivity contribution in [3.8, 4) is 5.75 Å². The van der Waals surface area contributed by atoms with Crippen molar-refractivity contribution in [1.29, 1.82) is 0 Å². The molecule has 0 radical (unpaired) electrons. The normalized spacial score (nSPS) is 11.3. The Morgan fingerprint density at radius 1 is 0.941 bits per heavy atom. The van der Waals surface area contributed by atoms with Crippen LogP contribution in [-0.4, -0.2) is 17.2 Å². The average molecular weight is 520 g/mol. The maximum atomic E-state index is 13.0. The average Bonchev–Trinajstić information content (AvgIpc) is 2.80. The number of aromatic nitrogens is 1. The van der Waals surface area contributed by atoms with Gasteiger partial charge in [-0.05, 0) is 85.0 Å². The standard InChI is InChI=1S/C24H17ClF3N3OS2/c1-32-17-6-10-21-14(12-17)2-11-22(31-21)34-18-7-3-15(4-8-18)29-23(33)30-16-5-9-20(25)19(13-16)24(26,27)28/h2-13H,1H3,(H2,29,30,33). The molecular weight excluding hydrogens is 503 g/mol. The number of anilines is 2. The van der Waals surface area contributed by atoms with Gasteiger partial charge in [0.05, 0.1) is 23.2 Å². The van der Waals surface area contributed by atoms with Gasteiger partial charge < -0.3 is 15.4 Å². The highest BCUT2D eigenvalue weighted by molar-refractivity contribution is 7.99. The maximum Gasteiger partial charge on any atom is 0.417 e. The number of methoxy groups -OCH3 is 1. The van der Waals surface area contributed by atoms with Crippen LogP contribution in [0.15, 0.2) is 82.7 Å². The first-order valence-electron chi connectivity index (χ1n) is 9.89. The van der Waals surface area contributed by atoms with Crippen molar-refractivity contribution in [1.82, 2.24) is 4.98 Å². The highest BCUT2D eigenvalue weighted by atomic mass is 35.5. The summed E-state index contributed by atoms with van der Waals surface area (Å²) in [6.07, 6.45) is -4.55. The molecule has 3 aromatic carbocycles. The van der Waals surface area contributed by atoms with Crippen molar-refractivity contribution in [2.75, 3.05) is 17.7 Å². The third-order valence-corrected chi connectivity index (χ3v) is 6.21. The summed E-state index contributed by atoms with van der Waals surface area (Å²) in [5.74, 6) is 0.780. The minimum absolute atomic E-state index is 0.155. The molecule has 0 saturated heterocycles. The number of halogens is 4. The number of thiocarbonyl (C=S) groups is 1. The summed E-state index contributed by atoms with van der Waals surface area (Å²) in [4.78, 5) is 5.64. The number of nitrogens with one attached hydrogen (secondary N) is 2. The van der Waals surface area contributed by atoms with Crippen LogP contribution in [0.4, 0.5) is 24.5 Å². The second-order valence-electron chi connectivity index (χ2n) is 7.11. The highest BCUT2D eigenvalue weighted by Gasteiger charge is 2.33. The van der Waals surface area contributed by atoms with E-state index in [1.165, 1.54) is 23.9 Å². The van der Waals surface area contributed by atoms with Crippen molar-refractivity contribution < 1.29 is 17.9 Å². The molecule has 0 bridgehead atoms. The lowest BCUT2D eigenvalue weighted by Gasteiger charge is -2.14. The van der Waals surface area contributed by atoms with E-state index in [2.05, 4.69) is 15.6 Å². The van der Waals surface area contributed by atoms with E-state index in [4.69, 9.17) is 28.6 Å². The predicted molar refractivity (Wildman–Crippen MR) is 135 cm³/mol. The van der Waals surface area contributed by atoms with Crippen LogP contribution >= 0.6 is 35.6 Å². The van der Waals surface area contributed by atoms with Gasteiger partial charge in [-0.15, -0.1) is 0 Å². The monoisotopic (exact) mass is 519 g/mol. The lowest BCUT2D eigenvalue weighted by Crippen LogP contribution is -2.19. The number of fused-ring (bicyclic) bond motifs is 1. The summed E-state index contributed by atoms with van der Waals surface area (Å²) in [7, 11) is 1.63. The second kappa shape index (κ2) is 10.1. The lowest BCUT2D eigenvalue weighted by molar-refractivity contribution is -0.137. The van der Waals surface area contributed by atoms with Crippen LogP contribution < -0.4 is 15.4 Å². The van der Waals surface area contributed by atoms with Crippen LogP contribution in [0.1, 0.15) is 5.56 Å². The van der Waals surface area contributed by atoms with Gasteiger partial charge >= 0.3 is 6.18 Å². The molecule has 1 heterocycles. The lowest BCUT2D eigenvalue weighted by atomic mass is 10.2. The molecule has 4 rings (SSSR count). The van der Waals surface area contributed by atoms with Crippen molar-refractivity contribution in [2.24, 2.45) is 0 Å². The van der Waals surface area contributed by atoms with E-state index in [1.807, 2.05) is 54.6 Å². The fourth-order valence-corrected chi connectivity index (χ4v) is 4.36. The molecule has 2 N–H and O–H groups in total. The maximum absolute atomic E-state index is 13.0. The number of hydrogen-bond donors (Lipinski definition) is 2. The molecule has 4 aromatic rings. The van der Waals surface area contributed by atoms with Gasteiger partial charge in [0, 0.05) is 21.7 Å². The zero-order valence-electron chi connectivity index (χ0n) is 17.6. The summed E-state index contributed by atoms with van der Waals surface area (Å²) < 4.78 is 44.4. The third kappa shape index (κ3) is 5.91. The zero-order chi connectivity index (χ0) is 24.3. The minimum atomic E-state index is -4.55. The van der Waals surface area contributed by atoms with E-state index < -0.39 is 11.7 Å². The van der Waals surface area contributed by atoms with Crippen molar-refractivity contribution in [3.63, 3.8) is 0 Å². The molecule has 174 valence electrons. The predicted octanol–water partition coefficient (Wildman–Crippen LogP) is 7.88. The molecule has 0 fully saturated rings. The molecule has 0 aliphatic carbocycles. The van der Waals surface area contributed by atoms with E-state index in [-0.39, 0.29) is 15.8 Å². The van der Waals surface area contributed by atoms with E-state index >= 15 is 0 Å². The van der Waals surface area contributed by atoms with Crippen molar-refractivity contribution >= 4 is 63.0 Å². The molecule has 0 saturated carbocycles. The van der Waals surface area contributed by atoms with Gasteiger partial charge in [-0.3, -0.25) is 0 Å². The molecule has 1 aromatic heterocycles. The molecule has 0 atom stereocenters. The Hall–Kier alpha value is -3.01. The van der Waals surface area contributed by atoms with E-state index in [9.17, 15) is 13.2 Å². The molecule has 10 heteroatoms. The summed E-state index contributed by atoms with van der Waals surface area (Å²) in [5, 5.41) is 7.33. The first-order chi connectivity index (χ1) is 16.2.